The molecule has 4 atom stereocenters. The Labute approximate surface area is 195 Å². The van der Waals surface area contributed by atoms with Gasteiger partial charge in [0, 0.05) is 60.5 Å². The van der Waals surface area contributed by atoms with E-state index in [1.807, 2.05) is 18.2 Å². The van der Waals surface area contributed by atoms with Crippen LogP contribution in [0.1, 0.15) is 11.4 Å². The number of β-amino-alcohol motifs (C(OH)–C–C–N with tert-alkyl or cyclic N) is 1. The van der Waals surface area contributed by atoms with Crippen molar-refractivity contribution in [1.82, 2.24) is 9.88 Å². The number of aliphatic hydroxyl groups is 4. The van der Waals surface area contributed by atoms with E-state index in [-0.39, 0.29) is 24.5 Å². The van der Waals surface area contributed by atoms with E-state index in [4.69, 9.17) is 5.53 Å². The normalized spacial score (nSPS) is 22.7. The van der Waals surface area contributed by atoms with Crippen LogP contribution in [0.4, 0.5) is 17.1 Å². The van der Waals surface area contributed by atoms with Crippen molar-refractivity contribution in [2.24, 2.45) is 5.11 Å². The number of pyridine rings is 1. The van der Waals surface area contributed by atoms with Crippen LogP contribution in [0.25, 0.3) is 10.4 Å². The summed E-state index contributed by atoms with van der Waals surface area (Å²) in [6.07, 6.45) is -2.65. The zero-order valence-electron chi connectivity index (χ0n) is 18.3. The number of nitrogens with zero attached hydrogens (tertiary/aromatic N) is 6. The van der Waals surface area contributed by atoms with E-state index < -0.39 is 29.3 Å². The molecule has 5 N–H and O–H groups in total. The second-order valence-electron chi connectivity index (χ2n) is 7.99. The van der Waals surface area contributed by atoms with Crippen LogP contribution in [-0.4, -0.2) is 85.8 Å². The number of hydrogen-bond acceptors (Lipinski definition) is 10. The molecular weight excluding hydrogens is 446 g/mol. The minimum Gasteiger partial charge on any atom is -0.395 e. The van der Waals surface area contributed by atoms with Crippen LogP contribution >= 0.6 is 0 Å². The molecule has 1 fully saturated rings. The number of rotatable bonds is 10. The summed E-state index contributed by atoms with van der Waals surface area (Å²) in [6.45, 7) is 0.585. The van der Waals surface area contributed by atoms with Crippen LogP contribution in [0.2, 0.25) is 0 Å². The van der Waals surface area contributed by atoms with Crippen molar-refractivity contribution < 1.29 is 25.3 Å². The van der Waals surface area contributed by atoms with Gasteiger partial charge >= 0.3 is 0 Å². The molecule has 0 bridgehead atoms. The maximum atomic E-state index is 11.3. The zero-order chi connectivity index (χ0) is 24.7. The van der Waals surface area contributed by atoms with Crippen LogP contribution in [0, 0.1) is 10.1 Å². The third kappa shape index (κ3) is 6.17. The Bertz CT molecular complexity index is 1050. The molecule has 13 heteroatoms. The first kappa shape index (κ1) is 25.3. The van der Waals surface area contributed by atoms with Gasteiger partial charge in [0.05, 0.1) is 23.7 Å². The monoisotopic (exact) mass is 473 g/mol. The highest BCUT2D eigenvalue weighted by molar-refractivity contribution is 5.66. The van der Waals surface area contributed by atoms with E-state index in [0.717, 1.165) is 11.4 Å². The molecule has 0 radical (unpaired) electrons. The highest BCUT2D eigenvalue weighted by atomic mass is 16.6. The maximum Gasteiger partial charge on any atom is 0.292 e. The molecule has 182 valence electrons. The maximum absolute atomic E-state index is 11.3. The molecule has 1 saturated heterocycles. The van der Waals surface area contributed by atoms with Gasteiger partial charge in [-0.25, -0.2) is 0 Å². The lowest BCUT2D eigenvalue weighted by Crippen LogP contribution is -2.62. The summed E-state index contributed by atoms with van der Waals surface area (Å²) in [5.74, 6) is 0. The molecule has 3 rings (SSSR count). The Morgan fingerprint density at radius 3 is 2.62 bits per heavy atom. The third-order valence-electron chi connectivity index (χ3n) is 5.77. The number of piperidine rings is 1. The summed E-state index contributed by atoms with van der Waals surface area (Å²) >= 11 is 0. The van der Waals surface area contributed by atoms with E-state index in [1.165, 1.54) is 18.2 Å². The number of likely N-dealkylation sites (tertiary alicyclic amines) is 1. The van der Waals surface area contributed by atoms with Gasteiger partial charge in [0.1, 0.15) is 17.9 Å². The number of benzene rings is 1. The fourth-order valence-corrected chi connectivity index (χ4v) is 3.96. The predicted octanol–water partition coefficient (Wildman–Crippen LogP) is 0.888. The Morgan fingerprint density at radius 2 is 1.94 bits per heavy atom. The van der Waals surface area contributed by atoms with Crippen molar-refractivity contribution in [3.8, 4) is 0 Å². The van der Waals surface area contributed by atoms with E-state index in [0.29, 0.717) is 31.6 Å². The molecule has 2 aromatic rings. The minimum absolute atomic E-state index is 0.129. The summed E-state index contributed by atoms with van der Waals surface area (Å²) in [6, 6.07) is 9.03. The topological polar surface area (TPSA) is 201 Å². The van der Waals surface area contributed by atoms with Crippen molar-refractivity contribution in [2.75, 3.05) is 31.6 Å². The molecule has 0 aliphatic carbocycles. The highest BCUT2D eigenvalue weighted by Gasteiger charge is 2.40. The van der Waals surface area contributed by atoms with Gasteiger partial charge in [-0.05, 0) is 23.7 Å². The van der Waals surface area contributed by atoms with E-state index >= 15 is 0 Å². The second kappa shape index (κ2) is 11.7. The molecule has 2 heterocycles. The highest BCUT2D eigenvalue weighted by Crippen LogP contribution is 2.29. The quantitative estimate of drug-likeness (QED) is 0.109. The van der Waals surface area contributed by atoms with E-state index in [1.54, 1.807) is 4.90 Å². The first-order valence-corrected chi connectivity index (χ1v) is 10.8. The first-order valence-electron chi connectivity index (χ1n) is 10.8. The van der Waals surface area contributed by atoms with Crippen molar-refractivity contribution in [3.63, 3.8) is 0 Å². The molecule has 34 heavy (non-hydrogen) atoms. The molecule has 0 saturated carbocycles. The van der Waals surface area contributed by atoms with Gasteiger partial charge in [-0.15, -0.1) is 0 Å². The number of anilines is 1. The van der Waals surface area contributed by atoms with Gasteiger partial charge in [-0.2, -0.15) is 0 Å². The number of aromatic nitrogens is 1. The van der Waals surface area contributed by atoms with Gasteiger partial charge in [-0.3, -0.25) is 20.0 Å². The predicted molar refractivity (Wildman–Crippen MR) is 123 cm³/mol. The number of nitro groups is 1. The summed E-state index contributed by atoms with van der Waals surface area (Å²) in [7, 11) is 0. The molecule has 0 unspecified atom stereocenters. The third-order valence-corrected chi connectivity index (χ3v) is 5.77. The largest absolute Gasteiger partial charge is 0.395 e. The van der Waals surface area contributed by atoms with Crippen molar-refractivity contribution in [1.29, 1.82) is 0 Å². The van der Waals surface area contributed by atoms with Crippen molar-refractivity contribution in [3.05, 3.63) is 68.3 Å². The SMILES string of the molecule is [N-]=[N+]=Nc1ccc(NCCc2cccc(CCN3C[C@H](O)[C@@H](O)[C@H](O)[C@H]3CO)n2)c([N+](=O)[O-])c1. The van der Waals surface area contributed by atoms with Gasteiger partial charge in [0.2, 0.25) is 0 Å². The Morgan fingerprint density at radius 1 is 1.21 bits per heavy atom. The van der Waals surface area contributed by atoms with Gasteiger partial charge < -0.3 is 25.7 Å². The van der Waals surface area contributed by atoms with Crippen LogP contribution in [0.5, 0.6) is 0 Å². The number of azide groups is 1. The van der Waals surface area contributed by atoms with Crippen molar-refractivity contribution in [2.45, 2.75) is 37.2 Å². The minimum atomic E-state index is -1.30. The summed E-state index contributed by atoms with van der Waals surface area (Å²) in [5, 5.41) is 57.2. The fraction of sp³-hybridized carbons (Fsp3) is 0.476. The number of nitro benzene ring substituents is 1. The average molecular weight is 473 g/mol. The van der Waals surface area contributed by atoms with E-state index in [9.17, 15) is 30.5 Å². The molecule has 0 amide bonds. The van der Waals surface area contributed by atoms with Crippen LogP contribution in [0.3, 0.4) is 0 Å². The van der Waals surface area contributed by atoms with Gasteiger partial charge in [0.25, 0.3) is 5.69 Å². The van der Waals surface area contributed by atoms with Gasteiger partial charge in [-0.1, -0.05) is 17.2 Å². The average Bonchev–Trinajstić information content (AvgIpc) is 2.82. The van der Waals surface area contributed by atoms with E-state index in [2.05, 4.69) is 20.3 Å². The zero-order valence-corrected chi connectivity index (χ0v) is 18.3. The molecule has 1 aliphatic heterocycles. The summed E-state index contributed by atoms with van der Waals surface area (Å²) in [4.78, 5) is 19.7. The molecule has 1 aliphatic rings. The van der Waals surface area contributed by atoms with Gasteiger partial charge in [0.15, 0.2) is 0 Å². The lowest BCUT2D eigenvalue weighted by atomic mass is 9.94. The summed E-state index contributed by atoms with van der Waals surface area (Å²) in [5.41, 5.74) is 10.3. The number of nitrogens with one attached hydrogen (secondary N) is 1. The number of hydrogen-bond donors (Lipinski definition) is 5. The fourth-order valence-electron chi connectivity index (χ4n) is 3.96. The molecule has 0 spiro atoms. The molecule has 13 nitrogen and oxygen atoms in total. The smallest absolute Gasteiger partial charge is 0.292 e. The van der Waals surface area contributed by atoms with Crippen LogP contribution < -0.4 is 5.32 Å². The van der Waals surface area contributed by atoms with Crippen molar-refractivity contribution >= 4 is 17.1 Å². The Balaban J connectivity index is 1.58. The van der Waals surface area contributed by atoms with Crippen LogP contribution in [-0.2, 0) is 12.8 Å². The molecule has 1 aromatic heterocycles. The Hall–Kier alpha value is -3.32. The Kier molecular flexibility index (Phi) is 8.71. The number of aliphatic hydroxyl groups excluding tert-OH is 4. The molecule has 1 aromatic carbocycles. The first-order chi connectivity index (χ1) is 16.3. The van der Waals surface area contributed by atoms with Crippen LogP contribution in [0.15, 0.2) is 41.5 Å². The standard InChI is InChI=1S/C21H27N7O6/c22-26-25-15-4-5-16(17(10-15)28(33)34)23-8-6-13-2-1-3-14(24-13)7-9-27-11-19(30)21(32)20(31)18(27)12-29/h1-5,10,18-21,23,29-32H,6-9,11-12H2/t18-,19+,20-,21-/m1/s1. The lowest BCUT2D eigenvalue weighted by Gasteiger charge is -2.43. The lowest BCUT2D eigenvalue weighted by molar-refractivity contribution is -0.383. The summed E-state index contributed by atoms with van der Waals surface area (Å²) < 4.78 is 0. The second-order valence-corrected chi connectivity index (χ2v) is 7.99. The molecular formula is C21H27N7O6.